The Morgan fingerprint density at radius 3 is 2.46 bits per heavy atom. The van der Waals surface area contributed by atoms with Crippen LogP contribution >= 0.6 is 0 Å². The summed E-state index contributed by atoms with van der Waals surface area (Å²) in [4.78, 5) is 0. The van der Waals surface area contributed by atoms with E-state index < -0.39 is 0 Å². The van der Waals surface area contributed by atoms with E-state index in [0.717, 1.165) is 12.0 Å². The normalized spacial score (nSPS) is 10.8. The van der Waals surface area contributed by atoms with Crippen LogP contribution < -0.4 is 5.73 Å². The Kier molecular flexibility index (Phi) is 3.43. The van der Waals surface area contributed by atoms with Crippen molar-refractivity contribution in [2.24, 2.45) is 11.7 Å². The number of hydrogen-bond acceptors (Lipinski definition) is 1. The van der Waals surface area contributed by atoms with E-state index >= 15 is 0 Å². The van der Waals surface area contributed by atoms with Gasteiger partial charge in [-0.25, -0.2) is 4.39 Å². The highest BCUT2D eigenvalue weighted by molar-refractivity contribution is 5.26. The van der Waals surface area contributed by atoms with Crippen LogP contribution in [0.3, 0.4) is 0 Å². The Balaban J connectivity index is 2.94. The van der Waals surface area contributed by atoms with E-state index in [1.165, 1.54) is 0 Å². The zero-order valence-electron chi connectivity index (χ0n) is 8.18. The lowest BCUT2D eigenvalue weighted by Crippen LogP contribution is -2.04. The Labute approximate surface area is 78.8 Å². The van der Waals surface area contributed by atoms with Gasteiger partial charge >= 0.3 is 0 Å². The summed E-state index contributed by atoms with van der Waals surface area (Å²) in [5.74, 6) is 0.348. The summed E-state index contributed by atoms with van der Waals surface area (Å²) in [6.45, 7) is 4.43. The zero-order chi connectivity index (χ0) is 9.84. The fraction of sp³-hybridized carbons (Fsp3) is 0.455. The maximum Gasteiger partial charge on any atom is 0.130 e. The summed E-state index contributed by atoms with van der Waals surface area (Å²) in [5.41, 5.74) is 6.80. The first-order chi connectivity index (χ1) is 6.15. The molecule has 2 N–H and O–H groups in total. The fourth-order valence-corrected chi connectivity index (χ4v) is 1.39. The lowest BCUT2D eigenvalue weighted by Gasteiger charge is -2.08. The fourth-order valence-electron chi connectivity index (χ4n) is 1.39. The van der Waals surface area contributed by atoms with Crippen LogP contribution in [0.15, 0.2) is 18.2 Å². The Hall–Kier alpha value is -0.890. The van der Waals surface area contributed by atoms with Crippen molar-refractivity contribution in [1.29, 1.82) is 0 Å². The summed E-state index contributed by atoms with van der Waals surface area (Å²) in [6, 6.07) is 5.43. The number of benzene rings is 1. The third-order valence-electron chi connectivity index (χ3n) is 2.01. The maximum atomic E-state index is 13.6. The molecule has 0 aromatic heterocycles. The zero-order valence-corrected chi connectivity index (χ0v) is 8.18. The second-order valence-corrected chi connectivity index (χ2v) is 3.69. The van der Waals surface area contributed by atoms with E-state index in [2.05, 4.69) is 13.8 Å². The summed E-state index contributed by atoms with van der Waals surface area (Å²) in [7, 11) is 0. The topological polar surface area (TPSA) is 26.0 Å². The second-order valence-electron chi connectivity index (χ2n) is 3.69. The number of halogens is 1. The molecule has 13 heavy (non-hydrogen) atoms. The van der Waals surface area contributed by atoms with Crippen LogP contribution in [-0.2, 0) is 13.0 Å². The molecular formula is C11H16FN. The molecule has 0 aliphatic rings. The molecule has 1 nitrogen and oxygen atoms in total. The molecule has 0 saturated heterocycles. The largest absolute Gasteiger partial charge is 0.326 e. The number of nitrogens with two attached hydrogens (primary N) is 1. The highest BCUT2D eigenvalue weighted by Gasteiger charge is 2.07. The van der Waals surface area contributed by atoms with Crippen LogP contribution in [0.5, 0.6) is 0 Å². The van der Waals surface area contributed by atoms with Gasteiger partial charge in [0.15, 0.2) is 0 Å². The van der Waals surface area contributed by atoms with Crippen molar-refractivity contribution in [3.8, 4) is 0 Å². The third-order valence-corrected chi connectivity index (χ3v) is 2.01. The second kappa shape index (κ2) is 4.38. The van der Waals surface area contributed by atoms with Gasteiger partial charge < -0.3 is 5.73 Å². The molecule has 0 aliphatic carbocycles. The minimum atomic E-state index is -0.126. The van der Waals surface area contributed by atoms with E-state index in [4.69, 9.17) is 5.73 Å². The first kappa shape index (κ1) is 10.2. The predicted molar refractivity (Wildman–Crippen MR) is 52.8 cm³/mol. The van der Waals surface area contributed by atoms with Crippen molar-refractivity contribution >= 4 is 0 Å². The van der Waals surface area contributed by atoms with Gasteiger partial charge in [-0.1, -0.05) is 32.0 Å². The minimum Gasteiger partial charge on any atom is -0.326 e. The molecule has 0 spiro atoms. The molecule has 2 heteroatoms. The third kappa shape index (κ3) is 2.52. The van der Waals surface area contributed by atoms with Crippen molar-refractivity contribution in [3.63, 3.8) is 0 Å². The van der Waals surface area contributed by atoms with E-state index in [-0.39, 0.29) is 12.4 Å². The molecular weight excluding hydrogens is 165 g/mol. The molecule has 0 amide bonds. The first-order valence-electron chi connectivity index (χ1n) is 4.61. The van der Waals surface area contributed by atoms with Gasteiger partial charge in [0.2, 0.25) is 0 Å². The molecule has 1 rings (SSSR count). The summed E-state index contributed by atoms with van der Waals surface area (Å²) < 4.78 is 13.6. The number of rotatable bonds is 3. The molecule has 0 radical (unpaired) electrons. The molecule has 72 valence electrons. The van der Waals surface area contributed by atoms with E-state index in [0.29, 0.717) is 11.5 Å². The van der Waals surface area contributed by atoms with Crippen LogP contribution in [0, 0.1) is 11.7 Å². The average Bonchev–Trinajstić information content (AvgIpc) is 2.08. The molecule has 1 aromatic carbocycles. The summed E-state index contributed by atoms with van der Waals surface area (Å²) >= 11 is 0. The molecule has 0 fully saturated rings. The van der Waals surface area contributed by atoms with Crippen molar-refractivity contribution in [3.05, 3.63) is 35.1 Å². The highest BCUT2D eigenvalue weighted by atomic mass is 19.1. The van der Waals surface area contributed by atoms with Crippen molar-refractivity contribution < 1.29 is 4.39 Å². The number of hydrogen-bond donors (Lipinski definition) is 1. The SMILES string of the molecule is CC(C)Cc1cccc(CN)c1F. The van der Waals surface area contributed by atoms with Crippen molar-refractivity contribution in [2.45, 2.75) is 26.8 Å². The van der Waals surface area contributed by atoms with Gasteiger partial charge in [-0.15, -0.1) is 0 Å². The highest BCUT2D eigenvalue weighted by Crippen LogP contribution is 2.15. The van der Waals surface area contributed by atoms with E-state index in [1.54, 1.807) is 6.07 Å². The minimum absolute atomic E-state index is 0.126. The molecule has 0 heterocycles. The Morgan fingerprint density at radius 2 is 1.92 bits per heavy atom. The van der Waals surface area contributed by atoms with Gasteiger partial charge in [-0.3, -0.25) is 0 Å². The van der Waals surface area contributed by atoms with Crippen LogP contribution in [0.4, 0.5) is 4.39 Å². The monoisotopic (exact) mass is 181 g/mol. The first-order valence-corrected chi connectivity index (χ1v) is 4.61. The maximum absolute atomic E-state index is 13.6. The summed E-state index contributed by atoms with van der Waals surface area (Å²) in [5, 5.41) is 0. The summed E-state index contributed by atoms with van der Waals surface area (Å²) in [6.07, 6.45) is 0.777. The Bertz CT molecular complexity index is 281. The molecule has 1 aromatic rings. The lowest BCUT2D eigenvalue weighted by molar-refractivity contribution is 0.563. The standard InChI is InChI=1S/C11H16FN/c1-8(2)6-9-4-3-5-10(7-13)11(9)12/h3-5,8H,6-7,13H2,1-2H3. The molecule has 0 bridgehead atoms. The molecule has 0 aliphatic heterocycles. The smallest absolute Gasteiger partial charge is 0.130 e. The van der Waals surface area contributed by atoms with Crippen molar-refractivity contribution in [2.75, 3.05) is 0 Å². The molecule has 0 atom stereocenters. The molecule has 0 unspecified atom stereocenters. The van der Waals surface area contributed by atoms with Crippen LogP contribution in [0.25, 0.3) is 0 Å². The average molecular weight is 181 g/mol. The Morgan fingerprint density at radius 1 is 1.31 bits per heavy atom. The van der Waals surface area contributed by atoms with Gasteiger partial charge in [-0.05, 0) is 17.9 Å². The van der Waals surface area contributed by atoms with Crippen LogP contribution in [-0.4, -0.2) is 0 Å². The van der Waals surface area contributed by atoms with Gasteiger partial charge in [-0.2, -0.15) is 0 Å². The van der Waals surface area contributed by atoms with Gasteiger partial charge in [0.25, 0.3) is 0 Å². The van der Waals surface area contributed by atoms with Gasteiger partial charge in [0.1, 0.15) is 5.82 Å². The van der Waals surface area contributed by atoms with E-state index in [1.807, 2.05) is 12.1 Å². The van der Waals surface area contributed by atoms with Gasteiger partial charge in [0, 0.05) is 12.1 Å². The van der Waals surface area contributed by atoms with Crippen molar-refractivity contribution in [1.82, 2.24) is 0 Å². The van der Waals surface area contributed by atoms with Crippen LogP contribution in [0.2, 0.25) is 0 Å². The predicted octanol–water partition coefficient (Wildman–Crippen LogP) is 2.48. The van der Waals surface area contributed by atoms with E-state index in [9.17, 15) is 4.39 Å². The van der Waals surface area contributed by atoms with Gasteiger partial charge in [0.05, 0.1) is 0 Å². The molecule has 0 saturated carbocycles. The lowest BCUT2D eigenvalue weighted by atomic mass is 10.0. The van der Waals surface area contributed by atoms with Crippen LogP contribution in [0.1, 0.15) is 25.0 Å². The quantitative estimate of drug-likeness (QED) is 0.761.